The van der Waals surface area contributed by atoms with Gasteiger partial charge in [-0.25, -0.2) is 0 Å². The smallest absolute Gasteiger partial charge is 0.313 e. The fourth-order valence-electron chi connectivity index (χ4n) is 1.53. The number of aliphatic hydroxyl groups excluding tert-OH is 1. The van der Waals surface area contributed by atoms with Gasteiger partial charge >= 0.3 is 5.97 Å². The molecule has 0 amide bonds. The zero-order valence-corrected chi connectivity index (χ0v) is 8.37. The zero-order valence-electron chi connectivity index (χ0n) is 8.37. The van der Waals surface area contributed by atoms with Crippen LogP contribution in [-0.2, 0) is 14.3 Å². The molecule has 0 aliphatic heterocycles. The Morgan fingerprint density at radius 2 is 2.29 bits per heavy atom. The lowest BCUT2D eigenvalue weighted by atomic mass is 9.87. The molecule has 78 valence electrons. The Hall–Kier alpha value is -1.32. The van der Waals surface area contributed by atoms with Gasteiger partial charge in [0.15, 0.2) is 11.5 Å². The van der Waals surface area contributed by atoms with E-state index in [0.717, 1.165) is 0 Å². The summed E-state index contributed by atoms with van der Waals surface area (Å²) >= 11 is 0. The Kier molecular flexibility index (Phi) is 3.28. The maximum Gasteiger partial charge on any atom is 0.313 e. The largest absolute Gasteiger partial charge is 0.504 e. The first-order valence-electron chi connectivity index (χ1n) is 4.67. The fraction of sp³-hybridized carbons (Fsp3) is 0.600. The molecule has 0 heterocycles. The molecule has 4 heteroatoms. The van der Waals surface area contributed by atoms with Gasteiger partial charge in [-0.2, -0.15) is 0 Å². The molecule has 14 heavy (non-hydrogen) atoms. The Labute approximate surface area is 82.6 Å². The van der Waals surface area contributed by atoms with Gasteiger partial charge in [0.1, 0.15) is 0 Å². The van der Waals surface area contributed by atoms with Crippen molar-refractivity contribution in [3.63, 3.8) is 0 Å². The van der Waals surface area contributed by atoms with Crippen molar-refractivity contribution in [2.45, 2.75) is 26.7 Å². The van der Waals surface area contributed by atoms with Crippen LogP contribution in [0.4, 0.5) is 0 Å². The lowest BCUT2D eigenvalue weighted by molar-refractivity contribution is -0.147. The standard InChI is InChI=1S/C10H14O4/c1-3-14-10(13)7-4-5-8(11)9(12)6(7)2/h7,12H,3-5H2,1-2H3. The first kappa shape index (κ1) is 10.8. The number of ether oxygens (including phenoxy) is 1. The van der Waals surface area contributed by atoms with Crippen molar-refractivity contribution in [2.24, 2.45) is 5.92 Å². The molecule has 4 nitrogen and oxygen atoms in total. The summed E-state index contributed by atoms with van der Waals surface area (Å²) < 4.78 is 4.84. The number of allylic oxidation sites excluding steroid dienone is 1. The van der Waals surface area contributed by atoms with Gasteiger partial charge in [0, 0.05) is 6.42 Å². The van der Waals surface area contributed by atoms with Crippen LogP contribution in [0.25, 0.3) is 0 Å². The topological polar surface area (TPSA) is 63.6 Å². The number of ketones is 1. The van der Waals surface area contributed by atoms with E-state index in [-0.39, 0.29) is 23.9 Å². The van der Waals surface area contributed by atoms with E-state index in [2.05, 4.69) is 0 Å². The highest BCUT2D eigenvalue weighted by Gasteiger charge is 2.31. The van der Waals surface area contributed by atoms with Crippen LogP contribution in [0.3, 0.4) is 0 Å². The zero-order chi connectivity index (χ0) is 10.7. The van der Waals surface area contributed by atoms with Crippen molar-refractivity contribution in [2.75, 3.05) is 6.61 Å². The molecule has 1 N–H and O–H groups in total. The Balaban J connectivity index is 2.82. The summed E-state index contributed by atoms with van der Waals surface area (Å²) in [5.41, 5.74) is 0.430. The average Bonchev–Trinajstić information content (AvgIpc) is 2.15. The number of aliphatic hydroxyl groups is 1. The van der Waals surface area contributed by atoms with Crippen LogP contribution in [0.1, 0.15) is 26.7 Å². The summed E-state index contributed by atoms with van der Waals surface area (Å²) in [4.78, 5) is 22.5. The molecule has 1 atom stereocenters. The van der Waals surface area contributed by atoms with Crippen LogP contribution in [0, 0.1) is 5.92 Å². The highest BCUT2D eigenvalue weighted by Crippen LogP contribution is 2.27. The van der Waals surface area contributed by atoms with Crippen LogP contribution >= 0.6 is 0 Å². The van der Waals surface area contributed by atoms with E-state index < -0.39 is 5.92 Å². The van der Waals surface area contributed by atoms with Crippen LogP contribution < -0.4 is 0 Å². The molecule has 0 saturated carbocycles. The van der Waals surface area contributed by atoms with Crippen LogP contribution in [0.5, 0.6) is 0 Å². The summed E-state index contributed by atoms with van der Waals surface area (Å²) in [7, 11) is 0. The van der Waals surface area contributed by atoms with Gasteiger partial charge in [0.05, 0.1) is 12.5 Å². The van der Waals surface area contributed by atoms with Gasteiger partial charge in [-0.15, -0.1) is 0 Å². The first-order chi connectivity index (χ1) is 6.57. The second-order valence-corrected chi connectivity index (χ2v) is 3.30. The summed E-state index contributed by atoms with van der Waals surface area (Å²) in [6.07, 6.45) is 0.653. The van der Waals surface area contributed by atoms with Gasteiger partial charge in [-0.3, -0.25) is 9.59 Å². The number of hydrogen-bond donors (Lipinski definition) is 1. The number of hydrogen-bond acceptors (Lipinski definition) is 4. The number of carbonyl (C=O) groups excluding carboxylic acids is 2. The van der Waals surface area contributed by atoms with E-state index in [4.69, 9.17) is 4.74 Å². The predicted octanol–water partition coefficient (Wildman–Crippen LogP) is 1.36. The quantitative estimate of drug-likeness (QED) is 0.680. The molecule has 1 aliphatic rings. The predicted molar refractivity (Wildman–Crippen MR) is 49.7 cm³/mol. The maximum absolute atomic E-state index is 11.4. The second-order valence-electron chi connectivity index (χ2n) is 3.30. The van der Waals surface area contributed by atoms with Crippen molar-refractivity contribution in [1.82, 2.24) is 0 Å². The average molecular weight is 198 g/mol. The SMILES string of the molecule is CCOC(=O)C1CCC(=O)C(O)=C1C. The molecule has 0 fully saturated rings. The number of carbonyl (C=O) groups is 2. The van der Waals surface area contributed by atoms with E-state index in [1.165, 1.54) is 0 Å². The molecule has 0 bridgehead atoms. The number of Topliss-reactive ketones (excluding diaryl/α,β-unsaturated/α-hetero) is 1. The Morgan fingerprint density at radius 1 is 1.64 bits per heavy atom. The summed E-state index contributed by atoms with van der Waals surface area (Å²) in [5, 5.41) is 9.36. The molecular weight excluding hydrogens is 184 g/mol. The maximum atomic E-state index is 11.4. The van der Waals surface area contributed by atoms with E-state index in [9.17, 15) is 14.7 Å². The summed E-state index contributed by atoms with van der Waals surface area (Å²) in [6.45, 7) is 3.64. The van der Waals surface area contributed by atoms with Crippen molar-refractivity contribution in [3.8, 4) is 0 Å². The minimum absolute atomic E-state index is 0.215. The van der Waals surface area contributed by atoms with Gasteiger partial charge < -0.3 is 9.84 Å². The molecule has 0 aromatic rings. The molecular formula is C10H14O4. The van der Waals surface area contributed by atoms with Gasteiger partial charge in [-0.05, 0) is 25.8 Å². The summed E-state index contributed by atoms with van der Waals surface area (Å²) in [5.74, 6) is -1.37. The molecule has 0 saturated heterocycles. The molecule has 1 unspecified atom stereocenters. The third kappa shape index (κ3) is 1.95. The molecule has 0 spiro atoms. The Morgan fingerprint density at radius 3 is 2.86 bits per heavy atom. The monoisotopic (exact) mass is 198 g/mol. The van der Waals surface area contributed by atoms with Gasteiger partial charge in [-0.1, -0.05) is 0 Å². The van der Waals surface area contributed by atoms with Crippen molar-refractivity contribution < 1.29 is 19.4 Å². The first-order valence-corrected chi connectivity index (χ1v) is 4.67. The molecule has 0 radical (unpaired) electrons. The molecule has 0 aromatic heterocycles. The van der Waals surface area contributed by atoms with E-state index in [1.807, 2.05) is 0 Å². The van der Waals surface area contributed by atoms with Gasteiger partial charge in [0.25, 0.3) is 0 Å². The molecule has 1 rings (SSSR count). The van der Waals surface area contributed by atoms with Crippen LogP contribution in [-0.4, -0.2) is 23.5 Å². The van der Waals surface area contributed by atoms with Crippen molar-refractivity contribution >= 4 is 11.8 Å². The second kappa shape index (κ2) is 4.26. The minimum atomic E-state index is -0.451. The van der Waals surface area contributed by atoms with Crippen molar-refractivity contribution in [3.05, 3.63) is 11.3 Å². The minimum Gasteiger partial charge on any atom is -0.504 e. The molecule has 0 aromatic carbocycles. The molecule has 1 aliphatic carbocycles. The Bertz CT molecular complexity index is 290. The third-order valence-electron chi connectivity index (χ3n) is 2.39. The highest BCUT2D eigenvalue weighted by atomic mass is 16.5. The number of rotatable bonds is 2. The third-order valence-corrected chi connectivity index (χ3v) is 2.39. The summed E-state index contributed by atoms with van der Waals surface area (Å²) in [6, 6.07) is 0. The van der Waals surface area contributed by atoms with E-state index in [0.29, 0.717) is 18.6 Å². The highest BCUT2D eigenvalue weighted by molar-refractivity contribution is 5.96. The van der Waals surface area contributed by atoms with Crippen LogP contribution in [0.15, 0.2) is 11.3 Å². The van der Waals surface area contributed by atoms with Crippen LogP contribution in [0.2, 0.25) is 0 Å². The normalized spacial score (nSPS) is 22.4. The lowest BCUT2D eigenvalue weighted by Crippen LogP contribution is -2.26. The van der Waals surface area contributed by atoms with E-state index >= 15 is 0 Å². The lowest BCUT2D eigenvalue weighted by Gasteiger charge is -2.20. The van der Waals surface area contributed by atoms with Crippen molar-refractivity contribution in [1.29, 1.82) is 0 Å². The van der Waals surface area contributed by atoms with E-state index in [1.54, 1.807) is 13.8 Å². The fourth-order valence-corrected chi connectivity index (χ4v) is 1.53. The van der Waals surface area contributed by atoms with Gasteiger partial charge in [0.2, 0.25) is 0 Å². The number of esters is 1.